The van der Waals surface area contributed by atoms with Crippen molar-refractivity contribution in [3.8, 4) is 5.75 Å². The molecule has 0 aliphatic carbocycles. The molecule has 0 bridgehead atoms. The zero-order valence-electron chi connectivity index (χ0n) is 13.2. The van der Waals surface area contributed by atoms with Crippen molar-refractivity contribution in [1.82, 2.24) is 0 Å². The molecule has 2 aromatic rings. The minimum Gasteiger partial charge on any atom is -0.508 e. The molecule has 0 atom stereocenters. The first-order chi connectivity index (χ1) is 11.7. The van der Waals surface area contributed by atoms with E-state index in [1.54, 1.807) is 25.1 Å². The summed E-state index contributed by atoms with van der Waals surface area (Å²) in [7, 11) is 0. The summed E-state index contributed by atoms with van der Waals surface area (Å²) >= 11 is 5.56. The number of anilines is 1. The summed E-state index contributed by atoms with van der Waals surface area (Å²) in [6.45, 7) is 1.75. The van der Waals surface area contributed by atoms with Crippen molar-refractivity contribution in [2.45, 2.75) is 19.5 Å². The van der Waals surface area contributed by atoms with Gasteiger partial charge < -0.3 is 10.4 Å². The van der Waals surface area contributed by atoms with Crippen LogP contribution in [0.1, 0.15) is 24.5 Å². The lowest BCUT2D eigenvalue weighted by molar-refractivity contribution is -0.137. The van der Waals surface area contributed by atoms with Gasteiger partial charge in [-0.2, -0.15) is 13.2 Å². The lowest BCUT2D eigenvalue weighted by Crippen LogP contribution is -2.15. The molecule has 0 fully saturated rings. The number of hydrogen-bond acceptors (Lipinski definition) is 2. The smallest absolute Gasteiger partial charge is 0.417 e. The van der Waals surface area contributed by atoms with Gasteiger partial charge in [-0.25, -0.2) is 0 Å². The van der Waals surface area contributed by atoms with Crippen LogP contribution in [0, 0.1) is 0 Å². The van der Waals surface area contributed by atoms with Crippen molar-refractivity contribution in [3.05, 3.63) is 64.2 Å². The van der Waals surface area contributed by atoms with Gasteiger partial charge in [0.1, 0.15) is 5.75 Å². The molecule has 2 rings (SSSR count). The Balaban J connectivity index is 2.26. The lowest BCUT2D eigenvalue weighted by atomic mass is 10.1. The number of phenolic OH excluding ortho intramolecular Hbond substituents is 1. The standard InChI is InChI=1S/C18H15ClF3NO2/c1-2-12(8-11-4-3-5-14(24)9-11)17(25)23-13-6-7-16(19)15(10-13)18(20,21)22/h3-10,24H,2H2,1H3,(H,23,25)/b12-8-. The molecule has 3 nitrogen and oxygen atoms in total. The summed E-state index contributed by atoms with van der Waals surface area (Å²) in [5.74, 6) is -0.474. The van der Waals surface area contributed by atoms with E-state index >= 15 is 0 Å². The average molecular weight is 370 g/mol. The molecule has 0 radical (unpaired) electrons. The van der Waals surface area contributed by atoms with Gasteiger partial charge in [-0.1, -0.05) is 30.7 Å². The number of phenols is 1. The third kappa shape index (κ3) is 5.00. The molecular formula is C18H15ClF3NO2. The molecule has 0 heterocycles. The molecule has 1 amide bonds. The Labute approximate surface area is 147 Å². The molecule has 0 saturated heterocycles. The fourth-order valence-electron chi connectivity index (χ4n) is 2.18. The lowest BCUT2D eigenvalue weighted by Gasteiger charge is -2.12. The van der Waals surface area contributed by atoms with E-state index in [9.17, 15) is 23.1 Å². The van der Waals surface area contributed by atoms with Gasteiger partial charge in [0.05, 0.1) is 10.6 Å². The number of carbonyl (C=O) groups is 1. The van der Waals surface area contributed by atoms with Crippen molar-refractivity contribution in [2.24, 2.45) is 0 Å². The Morgan fingerprint density at radius 2 is 1.96 bits per heavy atom. The van der Waals surface area contributed by atoms with E-state index in [-0.39, 0.29) is 11.4 Å². The number of rotatable bonds is 4. The molecular weight excluding hydrogens is 355 g/mol. The number of carbonyl (C=O) groups excluding carboxylic acids is 1. The van der Waals surface area contributed by atoms with Crippen LogP contribution in [0.2, 0.25) is 5.02 Å². The molecule has 0 aliphatic rings. The van der Waals surface area contributed by atoms with E-state index in [1.165, 1.54) is 18.2 Å². The Bertz CT molecular complexity index is 816. The predicted octanol–water partition coefficient (Wildman–Crippen LogP) is 5.50. The normalized spacial score (nSPS) is 12.1. The predicted molar refractivity (Wildman–Crippen MR) is 91.5 cm³/mol. The van der Waals surface area contributed by atoms with Gasteiger partial charge in [-0.05, 0) is 48.4 Å². The zero-order valence-corrected chi connectivity index (χ0v) is 13.9. The number of benzene rings is 2. The minimum atomic E-state index is -4.61. The summed E-state index contributed by atoms with van der Waals surface area (Å²) in [6.07, 6.45) is -2.68. The fourth-order valence-corrected chi connectivity index (χ4v) is 2.40. The van der Waals surface area contributed by atoms with E-state index in [1.807, 2.05) is 0 Å². The van der Waals surface area contributed by atoms with Gasteiger partial charge in [0.2, 0.25) is 0 Å². The third-order valence-corrected chi connectivity index (χ3v) is 3.74. The Kier molecular flexibility index (Phi) is 5.74. The van der Waals surface area contributed by atoms with Crippen molar-refractivity contribution in [2.75, 3.05) is 5.32 Å². The molecule has 132 valence electrons. The number of alkyl halides is 3. The molecule has 0 spiro atoms. The topological polar surface area (TPSA) is 49.3 Å². The van der Waals surface area contributed by atoms with E-state index in [0.717, 1.165) is 12.1 Å². The maximum Gasteiger partial charge on any atom is 0.417 e. The highest BCUT2D eigenvalue weighted by Crippen LogP contribution is 2.36. The van der Waals surface area contributed by atoms with Gasteiger partial charge in [0.25, 0.3) is 5.91 Å². The highest BCUT2D eigenvalue weighted by Gasteiger charge is 2.33. The van der Waals surface area contributed by atoms with Gasteiger partial charge in [-0.15, -0.1) is 0 Å². The Morgan fingerprint density at radius 1 is 1.24 bits per heavy atom. The van der Waals surface area contributed by atoms with Gasteiger partial charge in [0, 0.05) is 11.3 Å². The summed E-state index contributed by atoms with van der Waals surface area (Å²) in [4.78, 5) is 12.3. The average Bonchev–Trinajstić information content (AvgIpc) is 2.53. The van der Waals surface area contributed by atoms with Crippen molar-refractivity contribution in [3.63, 3.8) is 0 Å². The molecule has 0 aliphatic heterocycles. The molecule has 2 aromatic carbocycles. The Morgan fingerprint density at radius 3 is 2.56 bits per heavy atom. The third-order valence-electron chi connectivity index (χ3n) is 3.41. The summed E-state index contributed by atoms with van der Waals surface area (Å²) in [5.41, 5.74) is -0.0489. The zero-order chi connectivity index (χ0) is 18.6. The SMILES string of the molecule is CC/C(=C/c1cccc(O)c1)C(=O)Nc1ccc(Cl)c(C(F)(F)F)c1. The maximum atomic E-state index is 12.9. The molecule has 7 heteroatoms. The van der Waals surface area contributed by atoms with E-state index in [4.69, 9.17) is 11.6 Å². The summed E-state index contributed by atoms with van der Waals surface area (Å²) in [6, 6.07) is 9.49. The minimum absolute atomic E-state index is 0.00279. The van der Waals surface area contributed by atoms with Crippen LogP contribution in [0.5, 0.6) is 5.75 Å². The van der Waals surface area contributed by atoms with Crippen LogP contribution >= 0.6 is 11.6 Å². The quantitative estimate of drug-likeness (QED) is 0.699. The molecule has 2 N–H and O–H groups in total. The number of amides is 1. The highest BCUT2D eigenvalue weighted by molar-refractivity contribution is 6.31. The molecule has 0 saturated carbocycles. The highest BCUT2D eigenvalue weighted by atomic mass is 35.5. The first kappa shape index (κ1) is 18.9. The second kappa shape index (κ2) is 7.61. The van der Waals surface area contributed by atoms with Gasteiger partial charge >= 0.3 is 6.18 Å². The van der Waals surface area contributed by atoms with Crippen LogP contribution in [0.25, 0.3) is 6.08 Å². The van der Waals surface area contributed by atoms with E-state index in [0.29, 0.717) is 17.6 Å². The summed E-state index contributed by atoms with van der Waals surface area (Å²) in [5, 5.41) is 11.5. The number of halogens is 4. The van der Waals surface area contributed by atoms with Crippen molar-refractivity contribution in [1.29, 1.82) is 0 Å². The second-order valence-electron chi connectivity index (χ2n) is 5.26. The fraction of sp³-hybridized carbons (Fsp3) is 0.167. The van der Waals surface area contributed by atoms with E-state index in [2.05, 4.69) is 5.32 Å². The first-order valence-corrected chi connectivity index (χ1v) is 7.76. The van der Waals surface area contributed by atoms with Gasteiger partial charge in [-0.3, -0.25) is 4.79 Å². The number of hydrogen-bond donors (Lipinski definition) is 2. The van der Waals surface area contributed by atoms with Crippen LogP contribution in [0.15, 0.2) is 48.0 Å². The summed E-state index contributed by atoms with van der Waals surface area (Å²) < 4.78 is 38.7. The van der Waals surface area contributed by atoms with Crippen LogP contribution in [0.4, 0.5) is 18.9 Å². The molecule has 0 unspecified atom stereocenters. The molecule has 25 heavy (non-hydrogen) atoms. The maximum absolute atomic E-state index is 12.9. The van der Waals surface area contributed by atoms with Crippen LogP contribution in [0.3, 0.4) is 0 Å². The largest absolute Gasteiger partial charge is 0.508 e. The van der Waals surface area contributed by atoms with Gasteiger partial charge in [0.15, 0.2) is 0 Å². The van der Waals surface area contributed by atoms with Crippen molar-refractivity contribution >= 4 is 29.3 Å². The second-order valence-corrected chi connectivity index (χ2v) is 5.67. The number of aromatic hydroxyl groups is 1. The van der Waals surface area contributed by atoms with Crippen LogP contribution in [-0.2, 0) is 11.0 Å². The van der Waals surface area contributed by atoms with Crippen LogP contribution in [-0.4, -0.2) is 11.0 Å². The number of nitrogens with one attached hydrogen (secondary N) is 1. The van der Waals surface area contributed by atoms with E-state index < -0.39 is 22.7 Å². The first-order valence-electron chi connectivity index (χ1n) is 7.38. The van der Waals surface area contributed by atoms with Crippen molar-refractivity contribution < 1.29 is 23.1 Å². The monoisotopic (exact) mass is 369 g/mol. The Hall–Kier alpha value is -2.47. The molecule has 0 aromatic heterocycles. The van der Waals surface area contributed by atoms with Crippen LogP contribution < -0.4 is 5.32 Å².